The van der Waals surface area contributed by atoms with Gasteiger partial charge in [-0.05, 0) is 25.3 Å². The highest BCUT2D eigenvalue weighted by Crippen LogP contribution is 2.32. The van der Waals surface area contributed by atoms with Crippen LogP contribution in [-0.4, -0.2) is 23.0 Å². The summed E-state index contributed by atoms with van der Waals surface area (Å²) < 4.78 is 0. The van der Waals surface area contributed by atoms with E-state index >= 15 is 0 Å². The minimum absolute atomic E-state index is 0.122. The van der Waals surface area contributed by atoms with Crippen molar-refractivity contribution in [2.75, 3.05) is 18.0 Å². The van der Waals surface area contributed by atoms with Crippen LogP contribution >= 0.6 is 0 Å². The molecule has 0 radical (unpaired) electrons. The molecule has 0 amide bonds. The lowest BCUT2D eigenvalue weighted by Crippen LogP contribution is -2.20. The molecular formula is C10H13N3O2. The van der Waals surface area contributed by atoms with Gasteiger partial charge in [0.05, 0.1) is 4.92 Å². The van der Waals surface area contributed by atoms with Gasteiger partial charge in [-0.2, -0.15) is 0 Å². The van der Waals surface area contributed by atoms with E-state index in [2.05, 4.69) is 9.88 Å². The van der Waals surface area contributed by atoms with Crippen molar-refractivity contribution in [1.82, 2.24) is 4.98 Å². The standard InChI is InChI=1S/C10H13N3O2/c1-8-6-11-7-9(13(14)15)10(8)12-4-2-3-5-12/h6-7H,2-5H2,1H3. The normalized spacial score (nSPS) is 15.7. The van der Waals surface area contributed by atoms with E-state index in [1.54, 1.807) is 6.20 Å². The minimum Gasteiger partial charge on any atom is -0.366 e. The Balaban J connectivity index is 2.46. The maximum atomic E-state index is 10.9. The second-order valence-corrected chi connectivity index (χ2v) is 3.78. The highest BCUT2D eigenvalue weighted by atomic mass is 16.6. The van der Waals surface area contributed by atoms with Crippen LogP contribution in [0.3, 0.4) is 0 Å². The molecule has 1 aliphatic heterocycles. The van der Waals surface area contributed by atoms with Gasteiger partial charge >= 0.3 is 5.69 Å². The van der Waals surface area contributed by atoms with Crippen LogP contribution in [0.4, 0.5) is 11.4 Å². The molecule has 0 aliphatic carbocycles. The lowest BCUT2D eigenvalue weighted by molar-refractivity contribution is -0.384. The molecule has 1 aliphatic rings. The van der Waals surface area contributed by atoms with Gasteiger partial charge in [0.2, 0.25) is 0 Å². The van der Waals surface area contributed by atoms with Gasteiger partial charge in [0.15, 0.2) is 0 Å². The van der Waals surface area contributed by atoms with Gasteiger partial charge in [-0.1, -0.05) is 0 Å². The Labute approximate surface area is 87.9 Å². The first kappa shape index (κ1) is 9.89. The van der Waals surface area contributed by atoms with E-state index in [1.807, 2.05) is 6.92 Å². The number of nitrogens with zero attached hydrogens (tertiary/aromatic N) is 3. The summed E-state index contributed by atoms with van der Waals surface area (Å²) in [4.78, 5) is 16.5. The van der Waals surface area contributed by atoms with Crippen molar-refractivity contribution < 1.29 is 4.92 Å². The number of aryl methyl sites for hydroxylation is 1. The van der Waals surface area contributed by atoms with Crippen LogP contribution in [0.2, 0.25) is 0 Å². The van der Waals surface area contributed by atoms with Gasteiger partial charge in [-0.3, -0.25) is 15.1 Å². The fourth-order valence-electron chi connectivity index (χ4n) is 2.03. The van der Waals surface area contributed by atoms with Crippen LogP contribution in [-0.2, 0) is 0 Å². The molecule has 5 heteroatoms. The van der Waals surface area contributed by atoms with Gasteiger partial charge in [0, 0.05) is 19.3 Å². The number of hydrogen-bond donors (Lipinski definition) is 0. The van der Waals surface area contributed by atoms with Crippen molar-refractivity contribution in [3.63, 3.8) is 0 Å². The second-order valence-electron chi connectivity index (χ2n) is 3.78. The molecule has 2 rings (SSSR count). The third-order valence-electron chi connectivity index (χ3n) is 2.70. The van der Waals surface area contributed by atoms with E-state index in [-0.39, 0.29) is 10.6 Å². The van der Waals surface area contributed by atoms with Crippen molar-refractivity contribution in [2.45, 2.75) is 19.8 Å². The fourth-order valence-corrected chi connectivity index (χ4v) is 2.03. The van der Waals surface area contributed by atoms with E-state index in [1.165, 1.54) is 6.20 Å². The van der Waals surface area contributed by atoms with Crippen LogP contribution in [0, 0.1) is 17.0 Å². The van der Waals surface area contributed by atoms with Crippen LogP contribution in [0.1, 0.15) is 18.4 Å². The topological polar surface area (TPSA) is 59.3 Å². The summed E-state index contributed by atoms with van der Waals surface area (Å²) in [7, 11) is 0. The molecule has 1 aromatic rings. The van der Waals surface area contributed by atoms with Crippen molar-refractivity contribution in [3.05, 3.63) is 28.1 Å². The average Bonchev–Trinajstić information content (AvgIpc) is 2.70. The zero-order valence-corrected chi connectivity index (χ0v) is 8.64. The highest BCUT2D eigenvalue weighted by molar-refractivity contribution is 5.66. The van der Waals surface area contributed by atoms with Crippen LogP contribution < -0.4 is 4.90 Å². The predicted molar refractivity (Wildman–Crippen MR) is 57.1 cm³/mol. The molecule has 1 saturated heterocycles. The fraction of sp³-hybridized carbons (Fsp3) is 0.500. The van der Waals surface area contributed by atoms with Crippen LogP contribution in [0.25, 0.3) is 0 Å². The van der Waals surface area contributed by atoms with Gasteiger partial charge in [-0.25, -0.2) is 0 Å². The van der Waals surface area contributed by atoms with E-state index in [0.717, 1.165) is 37.2 Å². The molecule has 15 heavy (non-hydrogen) atoms. The molecule has 80 valence electrons. The maximum absolute atomic E-state index is 10.9. The number of nitro groups is 1. The summed E-state index contributed by atoms with van der Waals surface area (Å²) in [6, 6.07) is 0. The quantitative estimate of drug-likeness (QED) is 0.549. The number of aromatic nitrogens is 1. The number of pyridine rings is 1. The molecule has 0 atom stereocenters. The van der Waals surface area contributed by atoms with E-state index in [4.69, 9.17) is 0 Å². The highest BCUT2D eigenvalue weighted by Gasteiger charge is 2.24. The second kappa shape index (κ2) is 3.84. The van der Waals surface area contributed by atoms with Gasteiger partial charge in [-0.15, -0.1) is 0 Å². The summed E-state index contributed by atoms with van der Waals surface area (Å²) in [5.74, 6) is 0. The van der Waals surface area contributed by atoms with Gasteiger partial charge in [0.25, 0.3) is 0 Å². The Hall–Kier alpha value is -1.65. The van der Waals surface area contributed by atoms with E-state index in [9.17, 15) is 10.1 Å². The average molecular weight is 207 g/mol. The summed E-state index contributed by atoms with van der Waals surface area (Å²) in [5, 5.41) is 10.9. The molecule has 0 N–H and O–H groups in total. The Morgan fingerprint density at radius 3 is 2.67 bits per heavy atom. The van der Waals surface area contributed by atoms with Crippen molar-refractivity contribution in [3.8, 4) is 0 Å². The number of hydrogen-bond acceptors (Lipinski definition) is 4. The summed E-state index contributed by atoms with van der Waals surface area (Å²) in [5.41, 5.74) is 1.75. The summed E-state index contributed by atoms with van der Waals surface area (Å²) in [6.07, 6.45) is 5.24. The zero-order chi connectivity index (χ0) is 10.8. The summed E-state index contributed by atoms with van der Waals surface area (Å²) >= 11 is 0. The molecule has 0 spiro atoms. The SMILES string of the molecule is Cc1cncc([N+](=O)[O-])c1N1CCCC1. The predicted octanol–water partition coefficient (Wildman–Crippen LogP) is 1.90. The molecule has 0 aromatic carbocycles. The molecule has 5 nitrogen and oxygen atoms in total. The lowest BCUT2D eigenvalue weighted by atomic mass is 10.2. The third-order valence-corrected chi connectivity index (χ3v) is 2.70. The first-order chi connectivity index (χ1) is 7.20. The van der Waals surface area contributed by atoms with Gasteiger partial charge in [0.1, 0.15) is 11.9 Å². The van der Waals surface area contributed by atoms with Crippen molar-refractivity contribution >= 4 is 11.4 Å². The monoisotopic (exact) mass is 207 g/mol. The van der Waals surface area contributed by atoms with E-state index < -0.39 is 0 Å². The third kappa shape index (κ3) is 1.77. The first-order valence-electron chi connectivity index (χ1n) is 5.04. The molecular weight excluding hydrogens is 194 g/mol. The Morgan fingerprint density at radius 1 is 1.40 bits per heavy atom. The molecule has 1 fully saturated rings. The lowest BCUT2D eigenvalue weighted by Gasteiger charge is -2.19. The Morgan fingerprint density at radius 2 is 2.07 bits per heavy atom. The molecule has 0 saturated carbocycles. The molecule has 1 aromatic heterocycles. The Bertz CT molecular complexity index is 386. The smallest absolute Gasteiger partial charge is 0.310 e. The number of anilines is 1. The summed E-state index contributed by atoms with van der Waals surface area (Å²) in [6.45, 7) is 3.69. The van der Waals surface area contributed by atoms with Crippen LogP contribution in [0.15, 0.2) is 12.4 Å². The van der Waals surface area contributed by atoms with Crippen molar-refractivity contribution in [1.29, 1.82) is 0 Å². The van der Waals surface area contributed by atoms with E-state index in [0.29, 0.717) is 0 Å². The maximum Gasteiger partial charge on any atom is 0.310 e. The molecule has 0 unspecified atom stereocenters. The minimum atomic E-state index is -0.354. The van der Waals surface area contributed by atoms with Gasteiger partial charge < -0.3 is 4.90 Å². The van der Waals surface area contributed by atoms with Crippen LogP contribution in [0.5, 0.6) is 0 Å². The molecule has 0 bridgehead atoms. The molecule has 2 heterocycles. The number of rotatable bonds is 2. The van der Waals surface area contributed by atoms with Crippen molar-refractivity contribution in [2.24, 2.45) is 0 Å². The Kier molecular flexibility index (Phi) is 2.53. The largest absolute Gasteiger partial charge is 0.366 e. The zero-order valence-electron chi connectivity index (χ0n) is 8.64. The first-order valence-corrected chi connectivity index (χ1v) is 5.04.